The fourth-order valence-corrected chi connectivity index (χ4v) is 2.87. The van der Waals surface area contributed by atoms with Crippen LogP contribution in [0.25, 0.3) is 0 Å². The molecule has 0 bridgehead atoms. The Balaban J connectivity index is 1.78. The van der Waals surface area contributed by atoms with E-state index in [1.807, 2.05) is 12.1 Å². The molecule has 0 radical (unpaired) electrons. The van der Waals surface area contributed by atoms with Crippen LogP contribution in [-0.2, 0) is 13.0 Å². The van der Waals surface area contributed by atoms with E-state index in [0.29, 0.717) is 6.61 Å². The Bertz CT molecular complexity index is 684. The van der Waals surface area contributed by atoms with Gasteiger partial charge in [0.05, 0.1) is 5.71 Å². The van der Waals surface area contributed by atoms with Crippen molar-refractivity contribution in [2.75, 3.05) is 0 Å². The third-order valence-electron chi connectivity index (χ3n) is 4.17. The normalized spacial score (nSPS) is 15.2. The van der Waals surface area contributed by atoms with Gasteiger partial charge < -0.3 is 9.94 Å². The van der Waals surface area contributed by atoms with E-state index in [2.05, 4.69) is 43.3 Å². The summed E-state index contributed by atoms with van der Waals surface area (Å²) in [5.74, 6) is 0.871. The first kappa shape index (κ1) is 13.7. The molecule has 3 rings (SSSR count). The van der Waals surface area contributed by atoms with Crippen molar-refractivity contribution >= 4 is 5.71 Å². The van der Waals surface area contributed by atoms with Crippen LogP contribution >= 0.6 is 0 Å². The zero-order chi connectivity index (χ0) is 14.8. The molecule has 1 aliphatic rings. The van der Waals surface area contributed by atoms with Gasteiger partial charge in [0.2, 0.25) is 0 Å². The Morgan fingerprint density at radius 1 is 1.10 bits per heavy atom. The van der Waals surface area contributed by atoms with Crippen LogP contribution < -0.4 is 4.74 Å². The molecule has 0 unspecified atom stereocenters. The zero-order valence-corrected chi connectivity index (χ0v) is 12.4. The van der Waals surface area contributed by atoms with Gasteiger partial charge in [0.1, 0.15) is 12.4 Å². The lowest BCUT2D eigenvalue weighted by atomic mass is 10.0. The van der Waals surface area contributed by atoms with Gasteiger partial charge in [-0.3, -0.25) is 0 Å². The van der Waals surface area contributed by atoms with Gasteiger partial charge >= 0.3 is 0 Å². The number of nitrogens with zero attached hydrogens (tertiary/aromatic N) is 1. The van der Waals surface area contributed by atoms with Gasteiger partial charge in [0.15, 0.2) is 0 Å². The van der Waals surface area contributed by atoms with Gasteiger partial charge in [0, 0.05) is 5.56 Å². The van der Waals surface area contributed by atoms with Crippen molar-refractivity contribution in [3.8, 4) is 5.75 Å². The number of aryl methyl sites for hydroxylation is 3. The molecule has 2 aromatic rings. The molecule has 0 atom stereocenters. The minimum atomic E-state index is 0.582. The maximum atomic E-state index is 8.95. The highest BCUT2D eigenvalue weighted by Gasteiger charge is 2.18. The Kier molecular flexibility index (Phi) is 3.65. The third kappa shape index (κ3) is 2.64. The van der Waals surface area contributed by atoms with Crippen LogP contribution in [0.3, 0.4) is 0 Å². The van der Waals surface area contributed by atoms with Crippen LogP contribution in [0.4, 0.5) is 0 Å². The minimum absolute atomic E-state index is 0.582. The topological polar surface area (TPSA) is 41.8 Å². The Morgan fingerprint density at radius 3 is 2.57 bits per heavy atom. The summed E-state index contributed by atoms with van der Waals surface area (Å²) < 4.78 is 5.95. The summed E-state index contributed by atoms with van der Waals surface area (Å²) >= 11 is 0. The molecule has 0 aliphatic heterocycles. The summed E-state index contributed by atoms with van der Waals surface area (Å²) in [6.07, 6.45) is 1.71. The van der Waals surface area contributed by atoms with Crippen molar-refractivity contribution in [3.05, 3.63) is 64.2 Å². The molecule has 0 saturated carbocycles. The highest BCUT2D eigenvalue weighted by molar-refractivity contribution is 6.04. The largest absolute Gasteiger partial charge is 0.489 e. The summed E-state index contributed by atoms with van der Waals surface area (Å²) in [7, 11) is 0. The monoisotopic (exact) mass is 281 g/mol. The molecule has 0 saturated heterocycles. The molecule has 108 valence electrons. The predicted molar refractivity (Wildman–Crippen MR) is 83.3 cm³/mol. The summed E-state index contributed by atoms with van der Waals surface area (Å²) in [6, 6.07) is 12.3. The fraction of sp³-hybridized carbons (Fsp3) is 0.278. The number of oxime groups is 1. The van der Waals surface area contributed by atoms with Crippen LogP contribution in [0, 0.1) is 13.8 Å². The second kappa shape index (κ2) is 5.60. The second-order valence-electron chi connectivity index (χ2n) is 5.52. The maximum absolute atomic E-state index is 8.95. The second-order valence-corrected chi connectivity index (χ2v) is 5.52. The standard InChI is InChI=1S/C18H19NO2/c1-12-4-3-5-13(2)17(12)11-21-15-7-8-16-14(10-15)6-9-18(16)19-20/h3-5,7-8,10,20H,6,9,11H2,1-2H3/b19-18+. The Hall–Kier alpha value is -2.29. The van der Waals surface area contributed by atoms with Crippen molar-refractivity contribution < 1.29 is 9.94 Å². The van der Waals surface area contributed by atoms with Crippen molar-refractivity contribution in [1.29, 1.82) is 0 Å². The SMILES string of the molecule is Cc1cccc(C)c1COc1ccc2c(c1)CC/C2=N\O. The molecule has 0 aromatic heterocycles. The number of benzene rings is 2. The molecule has 1 aliphatic carbocycles. The van der Waals surface area contributed by atoms with Gasteiger partial charge in [-0.15, -0.1) is 0 Å². The maximum Gasteiger partial charge on any atom is 0.120 e. The van der Waals surface area contributed by atoms with E-state index in [1.54, 1.807) is 0 Å². The molecule has 21 heavy (non-hydrogen) atoms. The van der Waals surface area contributed by atoms with Gasteiger partial charge in [-0.2, -0.15) is 0 Å². The van der Waals surface area contributed by atoms with E-state index in [-0.39, 0.29) is 0 Å². The van der Waals surface area contributed by atoms with Crippen molar-refractivity contribution in [3.63, 3.8) is 0 Å². The number of ether oxygens (including phenoxy) is 1. The van der Waals surface area contributed by atoms with E-state index in [9.17, 15) is 0 Å². The average molecular weight is 281 g/mol. The lowest BCUT2D eigenvalue weighted by Crippen LogP contribution is -2.01. The molecule has 0 heterocycles. The smallest absolute Gasteiger partial charge is 0.120 e. The molecule has 0 fully saturated rings. The van der Waals surface area contributed by atoms with Crippen molar-refractivity contribution in [2.24, 2.45) is 5.16 Å². The van der Waals surface area contributed by atoms with Crippen LogP contribution in [-0.4, -0.2) is 10.9 Å². The zero-order valence-electron chi connectivity index (χ0n) is 12.4. The van der Waals surface area contributed by atoms with Crippen LogP contribution in [0.5, 0.6) is 5.75 Å². The van der Waals surface area contributed by atoms with Crippen molar-refractivity contribution in [2.45, 2.75) is 33.3 Å². The molecule has 1 N–H and O–H groups in total. The first-order valence-corrected chi connectivity index (χ1v) is 7.21. The van der Waals surface area contributed by atoms with Gasteiger partial charge in [0.25, 0.3) is 0 Å². The third-order valence-corrected chi connectivity index (χ3v) is 4.17. The number of fused-ring (bicyclic) bond motifs is 1. The molecular weight excluding hydrogens is 262 g/mol. The summed E-state index contributed by atoms with van der Waals surface area (Å²) in [5.41, 5.74) is 6.76. The van der Waals surface area contributed by atoms with E-state index in [0.717, 1.165) is 29.9 Å². The van der Waals surface area contributed by atoms with Crippen LogP contribution in [0.15, 0.2) is 41.6 Å². The lowest BCUT2D eigenvalue weighted by molar-refractivity contribution is 0.304. The fourth-order valence-electron chi connectivity index (χ4n) is 2.87. The van der Waals surface area contributed by atoms with Crippen LogP contribution in [0.2, 0.25) is 0 Å². The summed E-state index contributed by atoms with van der Waals surface area (Å²) in [5, 5.41) is 12.3. The summed E-state index contributed by atoms with van der Waals surface area (Å²) in [4.78, 5) is 0. The summed E-state index contributed by atoms with van der Waals surface area (Å²) in [6.45, 7) is 4.80. The molecular formula is C18H19NO2. The lowest BCUT2D eigenvalue weighted by Gasteiger charge is -2.12. The van der Waals surface area contributed by atoms with Gasteiger partial charge in [-0.25, -0.2) is 0 Å². The highest BCUT2D eigenvalue weighted by Crippen LogP contribution is 2.27. The highest BCUT2D eigenvalue weighted by atomic mass is 16.5. The molecule has 2 aromatic carbocycles. The van der Waals surface area contributed by atoms with E-state index in [1.165, 1.54) is 22.3 Å². The van der Waals surface area contributed by atoms with Crippen molar-refractivity contribution in [1.82, 2.24) is 0 Å². The minimum Gasteiger partial charge on any atom is -0.489 e. The Labute approximate surface area is 124 Å². The van der Waals surface area contributed by atoms with Crippen LogP contribution in [0.1, 0.15) is 34.2 Å². The average Bonchev–Trinajstić information content (AvgIpc) is 2.89. The number of hydrogen-bond acceptors (Lipinski definition) is 3. The molecule has 0 amide bonds. The van der Waals surface area contributed by atoms with E-state index < -0.39 is 0 Å². The van der Waals surface area contributed by atoms with E-state index in [4.69, 9.17) is 9.94 Å². The van der Waals surface area contributed by atoms with Gasteiger partial charge in [-0.05, 0) is 67.1 Å². The first-order valence-electron chi connectivity index (χ1n) is 7.21. The quantitative estimate of drug-likeness (QED) is 0.682. The molecule has 0 spiro atoms. The predicted octanol–water partition coefficient (Wildman–Crippen LogP) is 4.01. The van der Waals surface area contributed by atoms with E-state index >= 15 is 0 Å². The number of hydrogen-bond donors (Lipinski definition) is 1. The molecule has 3 nitrogen and oxygen atoms in total. The number of rotatable bonds is 3. The first-order chi connectivity index (χ1) is 10.2. The van der Waals surface area contributed by atoms with Gasteiger partial charge in [-0.1, -0.05) is 23.4 Å². The Morgan fingerprint density at radius 2 is 1.86 bits per heavy atom. The molecule has 3 heteroatoms.